The molecule has 2 amide bonds. The van der Waals surface area contributed by atoms with E-state index in [1.54, 1.807) is 18.2 Å². The number of benzene rings is 2. The molecule has 1 fully saturated rings. The van der Waals surface area contributed by atoms with Crippen LogP contribution in [0.3, 0.4) is 0 Å². The maximum atomic E-state index is 12.8. The minimum absolute atomic E-state index is 0.177. The van der Waals surface area contributed by atoms with E-state index in [1.165, 1.54) is 0 Å². The zero-order chi connectivity index (χ0) is 22.8. The number of aryl methyl sites for hydroxylation is 1. The summed E-state index contributed by atoms with van der Waals surface area (Å²) in [5.74, 6) is 1.32. The van der Waals surface area contributed by atoms with Crippen molar-refractivity contribution < 1.29 is 23.8 Å². The SMILES string of the molecule is Cc1ccc(C(C)C)c(OCC(=O)NN2C(=O)/C(=C\c3ccc4c(c3)OCO4)SC2=S)c1. The van der Waals surface area contributed by atoms with Gasteiger partial charge in [0.15, 0.2) is 22.4 Å². The van der Waals surface area contributed by atoms with Gasteiger partial charge in [-0.05, 0) is 66.0 Å². The lowest BCUT2D eigenvalue weighted by atomic mass is 10.0. The van der Waals surface area contributed by atoms with E-state index in [0.29, 0.717) is 22.2 Å². The van der Waals surface area contributed by atoms with Gasteiger partial charge in [0.2, 0.25) is 6.79 Å². The first-order chi connectivity index (χ1) is 15.3. The number of hydrazine groups is 1. The highest BCUT2D eigenvalue weighted by atomic mass is 32.2. The largest absolute Gasteiger partial charge is 0.483 e. The third-order valence-corrected chi connectivity index (χ3v) is 6.18. The fourth-order valence-electron chi connectivity index (χ4n) is 3.26. The number of hydrogen-bond donors (Lipinski definition) is 1. The van der Waals surface area contributed by atoms with Gasteiger partial charge in [0, 0.05) is 0 Å². The van der Waals surface area contributed by atoms with Crippen LogP contribution >= 0.6 is 24.0 Å². The van der Waals surface area contributed by atoms with E-state index in [-0.39, 0.29) is 23.6 Å². The molecule has 0 unspecified atom stereocenters. The average molecular weight is 471 g/mol. The first kappa shape index (κ1) is 22.2. The lowest BCUT2D eigenvalue weighted by molar-refractivity contribution is -0.134. The van der Waals surface area contributed by atoms with Crippen molar-refractivity contribution in [2.24, 2.45) is 0 Å². The summed E-state index contributed by atoms with van der Waals surface area (Å²) >= 11 is 6.40. The second kappa shape index (κ2) is 9.22. The molecule has 0 bridgehead atoms. The van der Waals surface area contributed by atoms with E-state index in [4.69, 9.17) is 26.4 Å². The molecule has 0 radical (unpaired) electrons. The first-order valence-corrected chi connectivity index (χ1v) is 11.2. The van der Waals surface area contributed by atoms with Gasteiger partial charge in [0.1, 0.15) is 5.75 Å². The lowest BCUT2D eigenvalue weighted by Crippen LogP contribution is -2.46. The second-order valence-corrected chi connectivity index (χ2v) is 9.33. The molecule has 7 nitrogen and oxygen atoms in total. The fourth-order valence-corrected chi connectivity index (χ4v) is 4.44. The van der Waals surface area contributed by atoms with E-state index in [9.17, 15) is 9.59 Å². The van der Waals surface area contributed by atoms with Crippen LogP contribution in [0, 0.1) is 6.92 Å². The minimum Gasteiger partial charge on any atom is -0.483 e. The lowest BCUT2D eigenvalue weighted by Gasteiger charge is -2.17. The van der Waals surface area contributed by atoms with Crippen molar-refractivity contribution in [1.29, 1.82) is 0 Å². The van der Waals surface area contributed by atoms with E-state index >= 15 is 0 Å². The summed E-state index contributed by atoms with van der Waals surface area (Å²) in [6.45, 7) is 6.02. The third-order valence-electron chi connectivity index (χ3n) is 4.87. The summed E-state index contributed by atoms with van der Waals surface area (Å²) in [5, 5.41) is 1.07. The van der Waals surface area contributed by atoms with Crippen LogP contribution in [0.4, 0.5) is 0 Å². The smallest absolute Gasteiger partial charge is 0.285 e. The Morgan fingerprint density at radius 1 is 1.25 bits per heavy atom. The summed E-state index contributed by atoms with van der Waals surface area (Å²) in [7, 11) is 0. The van der Waals surface area contributed by atoms with Gasteiger partial charge in [-0.15, -0.1) is 0 Å². The van der Waals surface area contributed by atoms with Crippen LogP contribution in [0.1, 0.15) is 36.5 Å². The van der Waals surface area contributed by atoms with Gasteiger partial charge < -0.3 is 14.2 Å². The van der Waals surface area contributed by atoms with Crippen molar-refractivity contribution in [3.8, 4) is 17.2 Å². The summed E-state index contributed by atoms with van der Waals surface area (Å²) in [5.41, 5.74) is 5.36. The van der Waals surface area contributed by atoms with Gasteiger partial charge in [0.05, 0.1) is 4.91 Å². The highest BCUT2D eigenvalue weighted by molar-refractivity contribution is 8.26. The van der Waals surface area contributed by atoms with Crippen LogP contribution in [0.2, 0.25) is 0 Å². The molecule has 166 valence electrons. The zero-order valence-corrected chi connectivity index (χ0v) is 19.5. The Hall–Kier alpha value is -3.04. The standard InChI is InChI=1S/C23H22N2O5S2/c1-13(2)16-6-4-14(3)8-18(16)28-11-21(26)24-25-22(27)20(32-23(25)31)10-15-5-7-17-19(9-15)30-12-29-17/h4-10,13H,11-12H2,1-3H3,(H,24,26)/b20-10+. The molecule has 4 rings (SSSR count). The normalized spacial score (nSPS) is 16.2. The van der Waals surface area contributed by atoms with Gasteiger partial charge in [-0.2, -0.15) is 5.01 Å². The molecule has 1 N–H and O–H groups in total. The predicted octanol–water partition coefficient (Wildman–Crippen LogP) is 4.16. The molecule has 0 spiro atoms. The molecular weight excluding hydrogens is 448 g/mol. The zero-order valence-electron chi connectivity index (χ0n) is 17.8. The Kier molecular flexibility index (Phi) is 6.38. The number of ether oxygens (including phenoxy) is 3. The van der Waals surface area contributed by atoms with Crippen LogP contribution in [0.25, 0.3) is 6.08 Å². The molecule has 0 aliphatic carbocycles. The molecule has 0 saturated carbocycles. The van der Waals surface area contributed by atoms with Gasteiger partial charge in [0.25, 0.3) is 11.8 Å². The molecule has 0 aromatic heterocycles. The number of amides is 2. The third kappa shape index (κ3) is 4.73. The fraction of sp³-hybridized carbons (Fsp3) is 0.261. The molecule has 1 saturated heterocycles. The molecule has 2 aliphatic rings. The molecule has 2 aromatic carbocycles. The summed E-state index contributed by atoms with van der Waals surface area (Å²) in [4.78, 5) is 25.7. The molecule has 2 aromatic rings. The Morgan fingerprint density at radius 3 is 2.81 bits per heavy atom. The summed E-state index contributed by atoms with van der Waals surface area (Å²) in [6, 6.07) is 11.3. The number of fused-ring (bicyclic) bond motifs is 1. The molecule has 2 heterocycles. The van der Waals surface area contributed by atoms with Crippen molar-refractivity contribution >= 4 is 46.2 Å². The average Bonchev–Trinajstić information content (AvgIpc) is 3.32. The number of carbonyl (C=O) groups excluding carboxylic acids is 2. The molecular formula is C23H22N2O5S2. The molecule has 32 heavy (non-hydrogen) atoms. The van der Waals surface area contributed by atoms with Crippen molar-refractivity contribution in [3.63, 3.8) is 0 Å². The number of nitrogens with zero attached hydrogens (tertiary/aromatic N) is 1. The van der Waals surface area contributed by atoms with Gasteiger partial charge in [-0.3, -0.25) is 15.0 Å². The van der Waals surface area contributed by atoms with Gasteiger partial charge >= 0.3 is 0 Å². The maximum absolute atomic E-state index is 12.8. The second-order valence-electron chi connectivity index (χ2n) is 7.65. The maximum Gasteiger partial charge on any atom is 0.285 e. The predicted molar refractivity (Wildman–Crippen MR) is 126 cm³/mol. The molecule has 9 heteroatoms. The first-order valence-electron chi connectivity index (χ1n) is 10.0. The van der Waals surface area contributed by atoms with Crippen LogP contribution in [-0.2, 0) is 9.59 Å². The van der Waals surface area contributed by atoms with Crippen molar-refractivity contribution in [3.05, 3.63) is 58.0 Å². The van der Waals surface area contributed by atoms with Gasteiger partial charge in [-0.1, -0.05) is 43.8 Å². The topological polar surface area (TPSA) is 77.1 Å². The highest BCUT2D eigenvalue weighted by Gasteiger charge is 2.33. The monoisotopic (exact) mass is 470 g/mol. The number of hydrogen-bond acceptors (Lipinski definition) is 7. The van der Waals surface area contributed by atoms with Crippen LogP contribution in [0.15, 0.2) is 41.3 Å². The Balaban J connectivity index is 1.40. The number of thiocarbonyl (C=S) groups is 1. The number of nitrogens with one attached hydrogen (secondary N) is 1. The van der Waals surface area contributed by atoms with Crippen molar-refractivity contribution in [1.82, 2.24) is 10.4 Å². The van der Waals surface area contributed by atoms with Crippen LogP contribution < -0.4 is 19.6 Å². The van der Waals surface area contributed by atoms with E-state index < -0.39 is 11.8 Å². The Morgan fingerprint density at radius 2 is 2.03 bits per heavy atom. The van der Waals surface area contributed by atoms with Gasteiger partial charge in [-0.25, -0.2) is 0 Å². The number of thioether (sulfide) groups is 1. The minimum atomic E-state index is -0.471. The van der Waals surface area contributed by atoms with E-state index in [0.717, 1.165) is 33.5 Å². The van der Waals surface area contributed by atoms with Crippen LogP contribution in [0.5, 0.6) is 17.2 Å². The molecule has 2 aliphatic heterocycles. The van der Waals surface area contributed by atoms with Crippen molar-refractivity contribution in [2.75, 3.05) is 13.4 Å². The van der Waals surface area contributed by atoms with E-state index in [2.05, 4.69) is 19.3 Å². The summed E-state index contributed by atoms with van der Waals surface area (Å²) < 4.78 is 16.7. The summed E-state index contributed by atoms with van der Waals surface area (Å²) in [6.07, 6.45) is 1.70. The molecule has 0 atom stereocenters. The Bertz CT molecular complexity index is 1130. The Labute approximate surface area is 195 Å². The number of rotatable bonds is 6. The number of carbonyl (C=O) groups is 2. The quantitative estimate of drug-likeness (QED) is 0.502. The van der Waals surface area contributed by atoms with Crippen molar-refractivity contribution in [2.45, 2.75) is 26.7 Å². The van der Waals surface area contributed by atoms with E-state index in [1.807, 2.05) is 31.2 Å². The highest BCUT2D eigenvalue weighted by Crippen LogP contribution is 2.36. The van der Waals surface area contributed by atoms with Crippen LogP contribution in [-0.4, -0.2) is 34.5 Å².